The van der Waals surface area contributed by atoms with Gasteiger partial charge in [-0.05, 0) is 78.6 Å². The van der Waals surface area contributed by atoms with Crippen molar-refractivity contribution in [3.63, 3.8) is 0 Å². The van der Waals surface area contributed by atoms with Crippen molar-refractivity contribution in [3.8, 4) is 6.07 Å². The summed E-state index contributed by atoms with van der Waals surface area (Å²) < 4.78 is 39.7. The van der Waals surface area contributed by atoms with Crippen LogP contribution in [0.2, 0.25) is 0 Å². The van der Waals surface area contributed by atoms with E-state index >= 15 is 0 Å². The number of carbonyl (C=O) groups is 3. The van der Waals surface area contributed by atoms with Gasteiger partial charge < -0.3 is 5.32 Å². The van der Waals surface area contributed by atoms with E-state index in [1.54, 1.807) is 6.08 Å². The Morgan fingerprint density at radius 1 is 1.00 bits per heavy atom. The fourth-order valence-electron chi connectivity index (χ4n) is 10.4. The third-order valence-corrected chi connectivity index (χ3v) is 12.3. The Morgan fingerprint density at radius 3 is 2.25 bits per heavy atom. The Bertz CT molecular complexity index is 1290. The van der Waals surface area contributed by atoms with Crippen LogP contribution in [0.3, 0.4) is 0 Å². The van der Waals surface area contributed by atoms with E-state index < -0.39 is 34.4 Å². The number of amides is 1. The molecule has 3 fully saturated rings. The minimum atomic E-state index is -4.95. The van der Waals surface area contributed by atoms with Crippen LogP contribution < -0.4 is 5.32 Å². The largest absolute Gasteiger partial charge is 0.471 e. The molecule has 40 heavy (non-hydrogen) atoms. The van der Waals surface area contributed by atoms with E-state index in [0.29, 0.717) is 25.7 Å². The Labute approximate surface area is 235 Å². The topological polar surface area (TPSA) is 87.0 Å². The van der Waals surface area contributed by atoms with Crippen molar-refractivity contribution in [1.29, 1.82) is 5.26 Å². The van der Waals surface area contributed by atoms with Gasteiger partial charge in [-0.1, -0.05) is 60.1 Å². The van der Waals surface area contributed by atoms with Crippen molar-refractivity contribution in [2.24, 2.45) is 50.7 Å². The van der Waals surface area contributed by atoms with Crippen LogP contribution in [0.15, 0.2) is 23.3 Å². The van der Waals surface area contributed by atoms with Crippen molar-refractivity contribution >= 4 is 17.5 Å². The van der Waals surface area contributed by atoms with Gasteiger partial charge in [0.2, 0.25) is 0 Å². The van der Waals surface area contributed by atoms with Gasteiger partial charge in [0.1, 0.15) is 6.07 Å². The number of allylic oxidation sites excluding steroid dienone is 4. The monoisotopic (exact) mass is 558 g/mol. The lowest BCUT2D eigenvalue weighted by Crippen LogP contribution is -2.65. The first-order valence-corrected chi connectivity index (χ1v) is 14.5. The highest BCUT2D eigenvalue weighted by molar-refractivity contribution is 6.04. The molecule has 5 aliphatic carbocycles. The average molecular weight is 559 g/mol. The van der Waals surface area contributed by atoms with Gasteiger partial charge in [0.05, 0.1) is 5.57 Å². The molecule has 0 aliphatic heterocycles. The Morgan fingerprint density at radius 2 is 1.65 bits per heavy atom. The highest BCUT2D eigenvalue weighted by Crippen LogP contribution is 2.73. The number of halogens is 3. The second kappa shape index (κ2) is 8.55. The number of carbonyl (C=O) groups excluding carboxylic acids is 3. The summed E-state index contributed by atoms with van der Waals surface area (Å²) in [5, 5.41) is 12.1. The van der Waals surface area contributed by atoms with E-state index in [4.69, 9.17) is 0 Å². The summed E-state index contributed by atoms with van der Waals surface area (Å²) in [6, 6.07) is 1.47. The maximum Gasteiger partial charge on any atom is 0.471 e. The van der Waals surface area contributed by atoms with E-state index in [-0.39, 0.29) is 51.6 Å². The lowest BCUT2D eigenvalue weighted by Gasteiger charge is -2.68. The molecular weight excluding hydrogens is 517 g/mol. The van der Waals surface area contributed by atoms with Crippen molar-refractivity contribution in [3.05, 3.63) is 23.3 Å². The quantitative estimate of drug-likeness (QED) is 0.398. The lowest BCUT2D eigenvalue weighted by atomic mass is 9.35. The van der Waals surface area contributed by atoms with Crippen LogP contribution in [-0.2, 0) is 14.4 Å². The fraction of sp³-hybridized carbons (Fsp3) is 0.750. The second-order valence-corrected chi connectivity index (χ2v) is 15.3. The van der Waals surface area contributed by atoms with Gasteiger partial charge in [-0.15, -0.1) is 0 Å². The van der Waals surface area contributed by atoms with E-state index in [1.807, 2.05) is 33.8 Å². The molecule has 0 aromatic carbocycles. The van der Waals surface area contributed by atoms with Crippen molar-refractivity contribution in [2.75, 3.05) is 0 Å². The van der Waals surface area contributed by atoms with Gasteiger partial charge in [0.25, 0.3) is 0 Å². The smallest absolute Gasteiger partial charge is 0.345 e. The molecule has 0 spiro atoms. The number of ketones is 2. The summed E-state index contributed by atoms with van der Waals surface area (Å²) in [6.45, 7) is 14.3. The molecule has 8 atom stereocenters. The summed E-state index contributed by atoms with van der Waals surface area (Å²) >= 11 is 0. The maximum absolute atomic E-state index is 14.3. The summed E-state index contributed by atoms with van der Waals surface area (Å²) in [7, 11) is 0. The first kappa shape index (κ1) is 29.1. The molecule has 0 bridgehead atoms. The summed E-state index contributed by atoms with van der Waals surface area (Å²) in [5.41, 5.74) is -1.41. The van der Waals surface area contributed by atoms with Crippen LogP contribution >= 0.6 is 0 Å². The number of nitriles is 1. The molecule has 0 heterocycles. The molecule has 5 aliphatic rings. The number of nitrogens with one attached hydrogen (secondary N) is 1. The predicted octanol–water partition coefficient (Wildman–Crippen LogP) is 6.49. The zero-order valence-corrected chi connectivity index (χ0v) is 24.6. The van der Waals surface area contributed by atoms with Gasteiger partial charge in [0, 0.05) is 22.8 Å². The Balaban J connectivity index is 1.60. The minimum Gasteiger partial charge on any atom is -0.345 e. The first-order valence-electron chi connectivity index (χ1n) is 14.5. The Kier molecular flexibility index (Phi) is 6.21. The molecule has 0 aromatic heterocycles. The van der Waals surface area contributed by atoms with E-state index in [9.17, 15) is 32.8 Å². The van der Waals surface area contributed by atoms with E-state index in [0.717, 1.165) is 18.4 Å². The number of nitrogens with zero attached hydrogens (tertiary/aromatic N) is 1. The zero-order valence-electron chi connectivity index (χ0n) is 24.6. The first-order chi connectivity index (χ1) is 18.2. The molecule has 218 valence electrons. The normalized spacial score (nSPS) is 43.6. The minimum absolute atomic E-state index is 0.00763. The van der Waals surface area contributed by atoms with Crippen molar-refractivity contribution in [2.45, 2.75) is 99.2 Å². The number of hydrogen-bond acceptors (Lipinski definition) is 4. The average Bonchev–Trinajstić information content (AvgIpc) is 2.81. The van der Waals surface area contributed by atoms with Crippen LogP contribution in [0, 0.1) is 62.1 Å². The molecule has 1 amide bonds. The number of rotatable bonds is 1. The SMILES string of the molecule is CC1(C)C[C@H]2[C@H](CC[C@]3(C)[C@@H]2C(=O)C=C2[C@@]4(C)C=C(C#N)C(=O)C(C)(C)[C@@H]4CC[C@]23C)[C@H](NC(=O)C(F)(F)F)C1. The number of hydrogen-bond donors (Lipinski definition) is 1. The molecule has 5 rings (SSSR count). The van der Waals surface area contributed by atoms with Gasteiger partial charge in [-0.3, -0.25) is 14.4 Å². The third kappa shape index (κ3) is 3.81. The molecule has 0 radical (unpaired) electrons. The number of Topliss-reactive ketones (excluding diaryl/α,β-unsaturated/α-hetero) is 1. The van der Waals surface area contributed by atoms with Crippen LogP contribution in [0.1, 0.15) is 87.0 Å². The highest BCUT2D eigenvalue weighted by atomic mass is 19.4. The molecule has 3 saturated carbocycles. The lowest BCUT2D eigenvalue weighted by molar-refractivity contribution is -0.178. The van der Waals surface area contributed by atoms with Crippen molar-refractivity contribution in [1.82, 2.24) is 5.32 Å². The van der Waals surface area contributed by atoms with Gasteiger partial charge in [-0.25, -0.2) is 0 Å². The highest BCUT2D eigenvalue weighted by Gasteiger charge is 2.68. The van der Waals surface area contributed by atoms with Gasteiger partial charge >= 0.3 is 12.1 Å². The summed E-state index contributed by atoms with van der Waals surface area (Å²) in [5.74, 6) is -2.85. The predicted molar refractivity (Wildman–Crippen MR) is 143 cm³/mol. The Hall–Kier alpha value is -2.43. The van der Waals surface area contributed by atoms with Crippen LogP contribution in [0.5, 0.6) is 0 Å². The van der Waals surface area contributed by atoms with Gasteiger partial charge in [0.15, 0.2) is 11.6 Å². The van der Waals surface area contributed by atoms with Crippen LogP contribution in [-0.4, -0.2) is 29.7 Å². The molecule has 0 aromatic rings. The molecular formula is C32H41F3N2O3. The fourth-order valence-corrected chi connectivity index (χ4v) is 10.4. The molecule has 0 saturated heterocycles. The van der Waals surface area contributed by atoms with Gasteiger partial charge in [-0.2, -0.15) is 18.4 Å². The van der Waals surface area contributed by atoms with E-state index in [2.05, 4.69) is 32.2 Å². The molecule has 0 unspecified atom stereocenters. The molecule has 5 nitrogen and oxygen atoms in total. The summed E-state index contributed by atoms with van der Waals surface area (Å²) in [6.07, 6.45) is 2.65. The molecule has 1 N–H and O–H groups in total. The number of alkyl halides is 3. The molecule has 8 heteroatoms. The second-order valence-electron chi connectivity index (χ2n) is 15.3. The van der Waals surface area contributed by atoms with Crippen molar-refractivity contribution < 1.29 is 27.6 Å². The van der Waals surface area contributed by atoms with Crippen LogP contribution in [0.25, 0.3) is 0 Å². The number of fused-ring (bicyclic) bond motifs is 7. The standard InChI is InChI=1S/C32H41F3N2O3/c1-27(2)14-19-18(20(15-27)37-26(40)32(33,34)35)8-10-31(7)24(19)21(38)12-23-29(5)13-17(16-36)25(39)28(3,4)22(29)9-11-30(23,31)6/h12-13,18-20,22,24H,8-11,14-15H2,1-7H3,(H,37,40)/t18-,19-,20+,22-,24-,29-,30+,31+/m0/s1. The van der Waals surface area contributed by atoms with E-state index in [1.165, 1.54) is 0 Å². The summed E-state index contributed by atoms with van der Waals surface area (Å²) in [4.78, 5) is 39.5. The van der Waals surface area contributed by atoms with Crippen LogP contribution in [0.4, 0.5) is 13.2 Å². The maximum atomic E-state index is 14.3. The third-order valence-electron chi connectivity index (χ3n) is 12.3. The zero-order chi connectivity index (χ0) is 29.8.